The van der Waals surface area contributed by atoms with E-state index in [0.29, 0.717) is 19.3 Å². The molecular formula is C38H54FN4O7PSSi. The molecule has 1 fully saturated rings. The molecule has 2 aliphatic rings. The van der Waals surface area contributed by atoms with Crippen molar-refractivity contribution in [2.45, 2.75) is 95.9 Å². The van der Waals surface area contributed by atoms with Crippen LogP contribution in [0.5, 0.6) is 5.75 Å². The lowest BCUT2D eigenvalue weighted by Crippen LogP contribution is -2.53. The van der Waals surface area contributed by atoms with E-state index in [1.54, 1.807) is 19.4 Å². The molecular weight excluding hydrogens is 735 g/mol. The lowest BCUT2D eigenvalue weighted by molar-refractivity contribution is 0.0928. The van der Waals surface area contributed by atoms with E-state index >= 15 is 0 Å². The molecule has 1 N–H and O–H groups in total. The highest BCUT2D eigenvalue weighted by molar-refractivity contribution is 7.92. The van der Waals surface area contributed by atoms with Crippen molar-refractivity contribution >= 4 is 42.6 Å². The highest BCUT2D eigenvalue weighted by atomic mass is 32.2. The molecule has 1 aliphatic heterocycles. The highest BCUT2D eigenvalue weighted by Gasteiger charge is 2.49. The zero-order chi connectivity index (χ0) is 39.0. The van der Waals surface area contributed by atoms with Crippen molar-refractivity contribution in [2.24, 2.45) is 0 Å². The van der Waals surface area contributed by atoms with Crippen LogP contribution in [0, 0.1) is 5.82 Å². The van der Waals surface area contributed by atoms with Gasteiger partial charge < -0.3 is 19.0 Å². The molecule has 1 aliphatic carbocycles. The Morgan fingerprint density at radius 2 is 1.68 bits per heavy atom. The summed E-state index contributed by atoms with van der Waals surface area (Å²) in [6.07, 6.45) is 1.41. The summed E-state index contributed by atoms with van der Waals surface area (Å²) in [4.78, 5) is 34.2. The van der Waals surface area contributed by atoms with Crippen LogP contribution in [-0.4, -0.2) is 71.5 Å². The first kappa shape index (κ1) is 40.9. The van der Waals surface area contributed by atoms with Gasteiger partial charge in [0.15, 0.2) is 5.69 Å². The van der Waals surface area contributed by atoms with E-state index in [9.17, 15) is 27.0 Å². The molecule has 53 heavy (non-hydrogen) atoms. The summed E-state index contributed by atoms with van der Waals surface area (Å²) in [6.45, 7) is 15.8. The van der Waals surface area contributed by atoms with E-state index in [-0.39, 0.29) is 71.2 Å². The van der Waals surface area contributed by atoms with Crippen LogP contribution in [0.2, 0.25) is 16.6 Å². The minimum absolute atomic E-state index is 0.0253. The molecule has 0 spiro atoms. The minimum atomic E-state index is -3.98. The number of methoxy groups -OCH3 is 1. The van der Waals surface area contributed by atoms with E-state index in [2.05, 4.69) is 46.9 Å². The Morgan fingerprint density at radius 3 is 2.26 bits per heavy atom. The monoisotopic (exact) mass is 788 g/mol. The smallest absolute Gasteiger partial charge is 0.296 e. The molecule has 15 heteroatoms. The number of carbonyl (C=O) groups is 1. The minimum Gasteiger partial charge on any atom is -0.537 e. The van der Waals surface area contributed by atoms with Gasteiger partial charge in [-0.05, 0) is 78.0 Å². The second-order valence-corrected chi connectivity index (χ2v) is 26.2. The van der Waals surface area contributed by atoms with Crippen LogP contribution in [0.1, 0.15) is 93.5 Å². The van der Waals surface area contributed by atoms with Crippen LogP contribution in [-0.2, 0) is 32.3 Å². The van der Waals surface area contributed by atoms with Gasteiger partial charge in [-0.1, -0.05) is 71.9 Å². The Balaban J connectivity index is 1.68. The Hall–Kier alpha value is -3.32. The number of fused-ring (bicyclic) bond motifs is 1. The maximum absolute atomic E-state index is 14.9. The summed E-state index contributed by atoms with van der Waals surface area (Å²) in [5.41, 5.74) is 1.64. The molecule has 5 rings (SSSR count). The van der Waals surface area contributed by atoms with Crippen molar-refractivity contribution in [3.05, 3.63) is 81.0 Å². The normalized spacial score (nSPS) is 18.8. The zero-order valence-corrected chi connectivity index (χ0v) is 35.0. The third kappa shape index (κ3) is 8.21. The van der Waals surface area contributed by atoms with E-state index < -0.39 is 43.0 Å². The van der Waals surface area contributed by atoms with Gasteiger partial charge in [0.1, 0.15) is 13.0 Å². The summed E-state index contributed by atoms with van der Waals surface area (Å²) in [5, 5.41) is 3.75. The number of nitrogens with zero attached hydrogens (tertiary/aromatic N) is 3. The van der Waals surface area contributed by atoms with Gasteiger partial charge in [0, 0.05) is 24.9 Å². The van der Waals surface area contributed by atoms with Crippen LogP contribution < -0.4 is 24.9 Å². The number of aromatic nitrogens is 2. The van der Waals surface area contributed by atoms with Gasteiger partial charge in [-0.3, -0.25) is 14.2 Å². The Morgan fingerprint density at radius 1 is 1.04 bits per heavy atom. The van der Waals surface area contributed by atoms with Gasteiger partial charge in [0.25, 0.3) is 19.8 Å². The number of ether oxygens (including phenoxy) is 1. The van der Waals surface area contributed by atoms with E-state index in [1.807, 2.05) is 24.3 Å². The van der Waals surface area contributed by atoms with E-state index in [4.69, 9.17) is 14.1 Å². The number of hydrogen-bond acceptors (Lipinski definition) is 8. The molecule has 1 amide bonds. The van der Waals surface area contributed by atoms with Gasteiger partial charge in [-0.25, -0.2) is 22.1 Å². The molecule has 2 atom stereocenters. The SMILES string of the molecule is COCCn1c(N2CC(c3ccc(P(C)(C)=O)cc3)CCS2(=O)=O)nc(C(=O)NC2CCc3cc(F)ccc32)c(O[Si](C(C)C)(C(C)C)C(C)C)c1=O. The first-order valence-electron chi connectivity index (χ1n) is 18.4. The second-order valence-electron chi connectivity index (χ2n) is 15.6. The number of hydrogen-bond donors (Lipinski definition) is 1. The summed E-state index contributed by atoms with van der Waals surface area (Å²) >= 11 is 0. The third-order valence-electron chi connectivity index (χ3n) is 11.0. The first-order valence-corrected chi connectivity index (χ1v) is 24.7. The van der Waals surface area contributed by atoms with Gasteiger partial charge >= 0.3 is 0 Å². The quantitative estimate of drug-likeness (QED) is 0.152. The van der Waals surface area contributed by atoms with Crippen molar-refractivity contribution in [2.75, 3.05) is 43.6 Å². The molecule has 290 valence electrons. The van der Waals surface area contributed by atoms with Crippen LogP contribution in [0.25, 0.3) is 0 Å². The maximum Gasteiger partial charge on any atom is 0.296 e. The van der Waals surface area contributed by atoms with Crippen LogP contribution in [0.15, 0.2) is 47.3 Å². The Kier molecular flexibility index (Phi) is 12.2. The van der Waals surface area contributed by atoms with Crippen molar-refractivity contribution in [3.63, 3.8) is 0 Å². The molecule has 1 saturated heterocycles. The fraction of sp³-hybridized carbons (Fsp3) is 0.553. The molecule has 2 aromatic carbocycles. The number of amides is 1. The van der Waals surface area contributed by atoms with Crippen LogP contribution in [0.4, 0.5) is 10.3 Å². The molecule has 2 heterocycles. The van der Waals surface area contributed by atoms with Gasteiger partial charge in [0.05, 0.1) is 24.9 Å². The average molecular weight is 789 g/mol. The molecule has 1 aromatic heterocycles. The van der Waals surface area contributed by atoms with Crippen molar-refractivity contribution < 1.29 is 31.3 Å². The van der Waals surface area contributed by atoms with E-state index in [1.165, 1.54) is 23.8 Å². The standard InChI is InChI=1S/C38H54FN4O7PSSi/c1-24(2)53(25(3)4,26(5)6)50-35-34(36(44)40-33-17-12-28-22-30(39)13-16-32(28)33)41-38(42(37(35)45)19-20-49-7)43-23-29(18-21-52(43,47)48)27-10-14-31(15-11-27)51(8,9)46/h10-11,13-16,22,24-26,29,33H,12,17-21,23H2,1-9H3,(H,40,44). The molecule has 2 unspecified atom stereocenters. The molecule has 3 aromatic rings. The van der Waals surface area contributed by atoms with Gasteiger partial charge in [-0.2, -0.15) is 0 Å². The number of sulfonamides is 1. The lowest BCUT2D eigenvalue weighted by atomic mass is 9.96. The topological polar surface area (TPSA) is 137 Å². The summed E-state index contributed by atoms with van der Waals surface area (Å²) in [6, 6.07) is 11.4. The fourth-order valence-electron chi connectivity index (χ4n) is 8.23. The molecule has 11 nitrogen and oxygen atoms in total. The van der Waals surface area contributed by atoms with Crippen molar-refractivity contribution in [1.29, 1.82) is 0 Å². The lowest BCUT2D eigenvalue weighted by Gasteiger charge is -2.42. The molecule has 0 radical (unpaired) electrons. The predicted octanol–water partition coefficient (Wildman–Crippen LogP) is 6.57. The van der Waals surface area contributed by atoms with Crippen molar-refractivity contribution in [1.82, 2.24) is 14.9 Å². The van der Waals surface area contributed by atoms with E-state index in [0.717, 1.165) is 26.3 Å². The number of aryl methyl sites for hydroxylation is 1. The zero-order valence-electron chi connectivity index (χ0n) is 32.3. The number of benzene rings is 2. The Bertz CT molecular complexity index is 2030. The average Bonchev–Trinajstić information content (AvgIpc) is 3.47. The first-order chi connectivity index (χ1) is 24.8. The second kappa shape index (κ2) is 15.8. The number of halogens is 1. The number of carbonyl (C=O) groups excluding carboxylic acids is 1. The number of nitrogens with one attached hydrogen (secondary N) is 1. The Labute approximate surface area is 314 Å². The molecule has 0 bridgehead atoms. The summed E-state index contributed by atoms with van der Waals surface area (Å²) in [5.74, 6) is -1.89. The third-order valence-corrected chi connectivity index (χ3v) is 20.2. The van der Waals surface area contributed by atoms with Crippen LogP contribution >= 0.6 is 7.14 Å². The summed E-state index contributed by atoms with van der Waals surface area (Å²) in [7, 11) is -7.85. The van der Waals surface area contributed by atoms with Gasteiger partial charge in [0.2, 0.25) is 21.7 Å². The summed E-state index contributed by atoms with van der Waals surface area (Å²) < 4.78 is 69.3. The predicted molar refractivity (Wildman–Crippen MR) is 211 cm³/mol. The van der Waals surface area contributed by atoms with Crippen LogP contribution in [0.3, 0.4) is 0 Å². The number of rotatable bonds is 13. The number of anilines is 1. The fourth-order valence-corrected chi connectivity index (χ4v) is 15.9. The van der Waals surface area contributed by atoms with Crippen molar-refractivity contribution in [3.8, 4) is 5.75 Å². The molecule has 0 saturated carbocycles. The highest BCUT2D eigenvalue weighted by Crippen LogP contribution is 2.43. The van der Waals surface area contributed by atoms with Gasteiger partial charge in [-0.15, -0.1) is 0 Å². The maximum atomic E-state index is 14.9. The largest absolute Gasteiger partial charge is 0.537 e.